The maximum absolute atomic E-state index is 4.31. The largest absolute Gasteiger partial charge is 0.316 e. The van der Waals surface area contributed by atoms with E-state index in [1.807, 2.05) is 179 Å². The van der Waals surface area contributed by atoms with E-state index < -0.39 is 0 Å². The van der Waals surface area contributed by atoms with Crippen molar-refractivity contribution in [3.8, 4) is 0 Å². The van der Waals surface area contributed by atoms with Gasteiger partial charge >= 0.3 is 0 Å². The number of aryl methyl sites for hydroxylation is 5. The Labute approximate surface area is 561 Å². The second kappa shape index (κ2) is 73.6. The number of allylic oxidation sites excluding steroid dienone is 2. The van der Waals surface area contributed by atoms with Crippen LogP contribution in [-0.2, 0) is 6.42 Å². The summed E-state index contributed by atoms with van der Waals surface area (Å²) in [6, 6.07) is 39.1. The van der Waals surface area contributed by atoms with Gasteiger partial charge < -0.3 is 5.32 Å². The van der Waals surface area contributed by atoms with E-state index in [1.54, 1.807) is 0 Å². The van der Waals surface area contributed by atoms with Gasteiger partial charge in [-0.3, -0.25) is 9.97 Å². The van der Waals surface area contributed by atoms with Crippen LogP contribution in [-0.4, -0.2) is 23.1 Å². The molecule has 0 bridgehead atoms. The highest BCUT2D eigenvalue weighted by Gasteiger charge is 2.26. The molecule has 8 rings (SSSR count). The second-order valence-electron chi connectivity index (χ2n) is 20.5. The lowest BCUT2D eigenvalue weighted by Gasteiger charge is -2.19. The van der Waals surface area contributed by atoms with Crippen LogP contribution in [0.15, 0.2) is 145 Å². The van der Waals surface area contributed by atoms with Gasteiger partial charge in [-0.15, -0.1) is 0 Å². The van der Waals surface area contributed by atoms with E-state index in [9.17, 15) is 0 Å². The number of aromatic nitrogens is 2. The van der Waals surface area contributed by atoms with Gasteiger partial charge in [0.2, 0.25) is 0 Å². The van der Waals surface area contributed by atoms with Gasteiger partial charge in [0.1, 0.15) is 0 Å². The first-order valence-electron chi connectivity index (χ1n) is 36.4. The minimum atomic E-state index is 0.584. The van der Waals surface area contributed by atoms with Crippen molar-refractivity contribution >= 4 is 10.8 Å². The Morgan fingerprint density at radius 2 is 0.730 bits per heavy atom. The molecule has 1 aliphatic carbocycles. The van der Waals surface area contributed by atoms with Gasteiger partial charge in [0.25, 0.3) is 0 Å². The van der Waals surface area contributed by atoms with E-state index in [0.717, 1.165) is 29.6 Å². The summed E-state index contributed by atoms with van der Waals surface area (Å²) in [5.74, 6) is 5.36. The van der Waals surface area contributed by atoms with Gasteiger partial charge in [-0.05, 0) is 144 Å². The number of nitrogens with one attached hydrogen (secondary N) is 1. The van der Waals surface area contributed by atoms with E-state index in [2.05, 4.69) is 247 Å². The molecule has 0 radical (unpaired) electrons. The Morgan fingerprint density at radius 1 is 0.360 bits per heavy atom. The SMILES string of the molecule is CC.CC.CC.CC.CC.CC.CC.CC.CC.CC.CC.CC(C)C1=CC2CNCC2C=C1.CCc1ccc(C(C)C)cc1.Cc1cc2ccc(C(C)C)cc2cn1.Cc1ccc(C(C)C)cn1.Cc1cccc(C(C)C)c1.Cc1cccc(C(C)C)c1. The van der Waals surface area contributed by atoms with Crippen molar-refractivity contribution in [3.05, 3.63) is 201 Å². The van der Waals surface area contributed by atoms with Crippen LogP contribution in [0.2, 0.25) is 0 Å². The molecule has 1 N–H and O–H groups in total. The lowest BCUT2D eigenvalue weighted by atomic mass is 9.85. The first kappa shape index (κ1) is 103. The average Bonchev–Trinajstić information content (AvgIpc) is 3.59. The predicted molar refractivity (Wildman–Crippen MR) is 421 cm³/mol. The second-order valence-corrected chi connectivity index (χ2v) is 20.5. The molecule has 1 aliphatic heterocycles. The van der Waals surface area contributed by atoms with E-state index in [-0.39, 0.29) is 0 Å². The molecule has 4 aromatic carbocycles. The number of fused-ring (bicyclic) bond motifs is 2. The summed E-state index contributed by atoms with van der Waals surface area (Å²) in [4.78, 5) is 8.51. The molecule has 6 aromatic rings. The minimum absolute atomic E-state index is 0.584. The lowest BCUT2D eigenvalue weighted by Crippen LogP contribution is -2.12. The van der Waals surface area contributed by atoms with Crippen LogP contribution in [0.4, 0.5) is 0 Å². The molecule has 0 spiro atoms. The maximum Gasteiger partial charge on any atom is 0.0379 e. The highest BCUT2D eigenvalue weighted by molar-refractivity contribution is 5.82. The molecule has 2 aliphatic rings. The Hall–Kier alpha value is -5.12. The molecular weight excluding hydrogens is 1070 g/mol. The topological polar surface area (TPSA) is 37.8 Å². The molecule has 2 unspecified atom stereocenters. The molecular formula is C86H155N3. The average molecular weight is 1230 g/mol. The van der Waals surface area contributed by atoms with Gasteiger partial charge in [0.05, 0.1) is 0 Å². The van der Waals surface area contributed by atoms with Crippen LogP contribution >= 0.6 is 0 Å². The van der Waals surface area contributed by atoms with Gasteiger partial charge in [0, 0.05) is 42.3 Å². The number of hydrogen-bond donors (Lipinski definition) is 1. The van der Waals surface area contributed by atoms with Crippen molar-refractivity contribution in [3.63, 3.8) is 0 Å². The van der Waals surface area contributed by atoms with Crippen molar-refractivity contribution in [1.82, 2.24) is 15.3 Å². The molecule has 2 aromatic heterocycles. The first-order chi connectivity index (χ1) is 42.8. The Morgan fingerprint density at radius 3 is 1.08 bits per heavy atom. The van der Waals surface area contributed by atoms with Crippen LogP contribution in [0.1, 0.15) is 328 Å². The van der Waals surface area contributed by atoms with Crippen LogP contribution < -0.4 is 5.32 Å². The van der Waals surface area contributed by atoms with Crippen LogP contribution in [0.5, 0.6) is 0 Å². The summed E-state index contributed by atoms with van der Waals surface area (Å²) in [7, 11) is 0. The fourth-order valence-corrected chi connectivity index (χ4v) is 7.68. The zero-order valence-corrected chi connectivity index (χ0v) is 66.9. The van der Waals surface area contributed by atoms with E-state index in [1.165, 1.54) is 73.9 Å². The van der Waals surface area contributed by atoms with Crippen molar-refractivity contribution in [1.29, 1.82) is 0 Å². The monoisotopic (exact) mass is 1230 g/mol. The number of hydrogen-bond acceptors (Lipinski definition) is 3. The highest BCUT2D eigenvalue weighted by Crippen LogP contribution is 2.29. The molecule has 3 heteroatoms. The summed E-state index contributed by atoms with van der Waals surface area (Å²) in [5.41, 5.74) is 14.8. The maximum atomic E-state index is 4.31. The fourth-order valence-electron chi connectivity index (χ4n) is 7.68. The van der Waals surface area contributed by atoms with E-state index in [4.69, 9.17) is 0 Å². The minimum Gasteiger partial charge on any atom is -0.316 e. The summed E-state index contributed by atoms with van der Waals surface area (Å²) in [5, 5.41) is 5.95. The highest BCUT2D eigenvalue weighted by atomic mass is 14.9. The quantitative estimate of drug-likeness (QED) is 0.173. The lowest BCUT2D eigenvalue weighted by molar-refractivity contribution is 0.578. The first-order valence-corrected chi connectivity index (χ1v) is 36.4. The number of nitrogens with zero attached hydrogens (tertiary/aromatic N) is 2. The predicted octanol–water partition coefficient (Wildman–Crippen LogP) is 29.1. The fraction of sp³-hybridized carbons (Fsp3) is 0.581. The van der Waals surface area contributed by atoms with Crippen LogP contribution in [0, 0.1) is 45.4 Å². The van der Waals surface area contributed by atoms with Gasteiger partial charge in [-0.25, -0.2) is 0 Å². The van der Waals surface area contributed by atoms with E-state index >= 15 is 0 Å². The molecule has 0 amide bonds. The third-order valence-electron chi connectivity index (χ3n) is 12.5. The van der Waals surface area contributed by atoms with Gasteiger partial charge in [-0.1, -0.05) is 363 Å². The molecule has 3 nitrogen and oxygen atoms in total. The number of pyridine rings is 2. The zero-order chi connectivity index (χ0) is 71.6. The summed E-state index contributed by atoms with van der Waals surface area (Å²) >= 11 is 0. The molecule has 0 saturated carbocycles. The zero-order valence-electron chi connectivity index (χ0n) is 66.9. The third kappa shape index (κ3) is 52.2. The summed E-state index contributed by atoms with van der Waals surface area (Å²) in [6.07, 6.45) is 12.2. The Balaban J connectivity index is -0.000000116. The van der Waals surface area contributed by atoms with Crippen LogP contribution in [0.25, 0.3) is 10.8 Å². The molecule has 1 fully saturated rings. The Bertz CT molecular complexity index is 2330. The van der Waals surface area contributed by atoms with Crippen molar-refractivity contribution in [2.75, 3.05) is 13.1 Å². The molecule has 3 heterocycles. The van der Waals surface area contributed by atoms with Crippen molar-refractivity contribution in [2.24, 2.45) is 17.8 Å². The standard InChI is InChI=1S/C13H15N.C11H17N.C11H16.2C10H14.C9H13N.11C2H6/c1-9(2)11-4-5-12-6-10(3)14-8-13(12)7-11;1-8(2)9-3-4-10-6-12-7-11(10)5-9;1-4-10-5-7-11(8-6-10)9(2)3;2*1-8(2)10-6-4-5-9(3)7-10;1-7(2)9-5-4-8(3)10-6-9;11*1-2/h4-9H,1-3H3;3-5,8,10-12H,6-7H2,1-2H3;5-9H,4H2,1-3H3;2*4-8H,1-3H3;4-7H,1-3H3;11*1-2H3. The number of rotatable bonds is 7. The van der Waals surface area contributed by atoms with Crippen molar-refractivity contribution in [2.45, 2.75) is 306 Å². The summed E-state index contributed by atoms with van der Waals surface area (Å²) in [6.45, 7) is 83.4. The number of benzene rings is 4. The molecule has 514 valence electrons. The normalized spacial score (nSPS) is 11.9. The van der Waals surface area contributed by atoms with Crippen molar-refractivity contribution < 1.29 is 0 Å². The Kier molecular flexibility index (Phi) is 85.0. The summed E-state index contributed by atoms with van der Waals surface area (Å²) < 4.78 is 0. The molecule has 1 saturated heterocycles. The third-order valence-corrected chi connectivity index (χ3v) is 12.5. The van der Waals surface area contributed by atoms with Gasteiger partial charge in [0.15, 0.2) is 0 Å². The smallest absolute Gasteiger partial charge is 0.0379 e. The van der Waals surface area contributed by atoms with E-state index in [0.29, 0.717) is 35.5 Å². The molecule has 2 atom stereocenters. The molecule has 89 heavy (non-hydrogen) atoms. The van der Waals surface area contributed by atoms with Crippen LogP contribution in [0.3, 0.4) is 0 Å². The van der Waals surface area contributed by atoms with Gasteiger partial charge in [-0.2, -0.15) is 0 Å².